The summed E-state index contributed by atoms with van der Waals surface area (Å²) in [6.07, 6.45) is 1.62. The zero-order valence-electron chi connectivity index (χ0n) is 14.1. The monoisotopic (exact) mass is 342 g/mol. The average Bonchev–Trinajstić information content (AvgIpc) is 3.27. The first-order chi connectivity index (χ1) is 11.6. The van der Waals surface area contributed by atoms with E-state index in [1.54, 1.807) is 9.80 Å². The van der Waals surface area contributed by atoms with Crippen LogP contribution in [0, 0.1) is 6.92 Å². The van der Waals surface area contributed by atoms with Gasteiger partial charge in [0.25, 0.3) is 5.91 Å². The van der Waals surface area contributed by atoms with Crippen LogP contribution in [0.25, 0.3) is 0 Å². The number of rotatable bonds is 4. The summed E-state index contributed by atoms with van der Waals surface area (Å²) in [5, 5.41) is 1.89. The van der Waals surface area contributed by atoms with Crippen molar-refractivity contribution >= 4 is 23.2 Å². The number of nitrogens with zero attached hydrogens (tertiary/aromatic N) is 2. The number of carbonyl (C=O) groups excluding carboxylic acids is 2. The Morgan fingerprint density at radius 2 is 2.04 bits per heavy atom. The van der Waals surface area contributed by atoms with Crippen molar-refractivity contribution in [3.05, 3.63) is 57.8 Å². The molecule has 5 heteroatoms. The Kier molecular flexibility index (Phi) is 5.00. The van der Waals surface area contributed by atoms with Crippen molar-refractivity contribution in [1.29, 1.82) is 0 Å². The summed E-state index contributed by atoms with van der Waals surface area (Å²) in [7, 11) is 1.82. The molecule has 1 aliphatic heterocycles. The van der Waals surface area contributed by atoms with Gasteiger partial charge in [-0.2, -0.15) is 0 Å². The van der Waals surface area contributed by atoms with E-state index in [4.69, 9.17) is 0 Å². The van der Waals surface area contributed by atoms with E-state index in [1.165, 1.54) is 16.9 Å². The number of benzene rings is 1. The first kappa shape index (κ1) is 16.7. The summed E-state index contributed by atoms with van der Waals surface area (Å²) in [6, 6.07) is 11.4. The number of amides is 2. The molecule has 0 aliphatic carbocycles. The van der Waals surface area contributed by atoms with E-state index in [0.29, 0.717) is 18.0 Å². The second-order valence-electron chi connectivity index (χ2n) is 6.25. The van der Waals surface area contributed by atoms with Gasteiger partial charge in [0.2, 0.25) is 5.91 Å². The molecule has 1 fully saturated rings. The van der Waals surface area contributed by atoms with Crippen molar-refractivity contribution in [2.24, 2.45) is 0 Å². The first-order valence-electron chi connectivity index (χ1n) is 8.22. The minimum atomic E-state index is -0.339. The van der Waals surface area contributed by atoms with E-state index < -0.39 is 0 Å². The van der Waals surface area contributed by atoms with Crippen LogP contribution in [0.2, 0.25) is 0 Å². The summed E-state index contributed by atoms with van der Waals surface area (Å²) < 4.78 is 0. The van der Waals surface area contributed by atoms with Crippen LogP contribution in [-0.4, -0.2) is 41.2 Å². The molecule has 1 aliphatic rings. The molecule has 1 saturated heterocycles. The molecule has 0 bridgehead atoms. The van der Waals surface area contributed by atoms with Gasteiger partial charge in [0, 0.05) is 20.1 Å². The number of hydrogen-bond acceptors (Lipinski definition) is 3. The van der Waals surface area contributed by atoms with E-state index in [-0.39, 0.29) is 17.9 Å². The lowest BCUT2D eigenvalue weighted by atomic mass is 10.1. The molecule has 0 radical (unpaired) electrons. The maximum Gasteiger partial charge on any atom is 0.264 e. The number of likely N-dealkylation sites (tertiary alicyclic amines) is 1. The maximum absolute atomic E-state index is 12.9. The Balaban J connectivity index is 1.71. The van der Waals surface area contributed by atoms with Crippen LogP contribution in [0.4, 0.5) is 0 Å². The zero-order valence-corrected chi connectivity index (χ0v) is 14.9. The minimum absolute atomic E-state index is 0.0230. The number of aryl methyl sites for hydroxylation is 1. The fraction of sp³-hybridized carbons (Fsp3) is 0.368. The van der Waals surface area contributed by atoms with Gasteiger partial charge < -0.3 is 9.80 Å². The summed E-state index contributed by atoms with van der Waals surface area (Å²) in [5.41, 5.74) is 2.32. The van der Waals surface area contributed by atoms with Gasteiger partial charge in [0.1, 0.15) is 6.04 Å². The predicted molar refractivity (Wildman–Crippen MR) is 96.0 cm³/mol. The number of thiophene rings is 1. The van der Waals surface area contributed by atoms with Crippen LogP contribution in [0.5, 0.6) is 0 Å². The van der Waals surface area contributed by atoms with Crippen molar-refractivity contribution in [2.75, 3.05) is 13.6 Å². The molecular weight excluding hydrogens is 320 g/mol. The fourth-order valence-corrected chi connectivity index (χ4v) is 3.86. The SMILES string of the molecule is Cc1ccccc1CN(C)C(=O)[C@H]1CCCN1C(=O)c1cccs1. The highest BCUT2D eigenvalue weighted by molar-refractivity contribution is 7.12. The molecule has 1 aromatic heterocycles. The molecule has 2 amide bonds. The van der Waals surface area contributed by atoms with Crippen LogP contribution < -0.4 is 0 Å². The smallest absolute Gasteiger partial charge is 0.264 e. The van der Waals surface area contributed by atoms with Crippen molar-refractivity contribution in [3.8, 4) is 0 Å². The third kappa shape index (κ3) is 3.36. The lowest BCUT2D eigenvalue weighted by Gasteiger charge is -2.28. The lowest BCUT2D eigenvalue weighted by Crippen LogP contribution is -2.46. The highest BCUT2D eigenvalue weighted by Crippen LogP contribution is 2.24. The second-order valence-corrected chi connectivity index (χ2v) is 7.20. The van der Waals surface area contributed by atoms with Crippen LogP contribution in [0.3, 0.4) is 0 Å². The standard InChI is InChI=1S/C19H22N2O2S/c1-14-7-3-4-8-15(14)13-20(2)18(22)16-9-5-11-21(16)19(23)17-10-6-12-24-17/h3-4,6-8,10,12,16H,5,9,11,13H2,1-2H3/t16-/m1/s1. The molecule has 2 aromatic rings. The molecule has 4 nitrogen and oxygen atoms in total. The summed E-state index contributed by atoms with van der Waals surface area (Å²) >= 11 is 1.43. The summed E-state index contributed by atoms with van der Waals surface area (Å²) in [5.74, 6) is 0.00537. The highest BCUT2D eigenvalue weighted by atomic mass is 32.1. The van der Waals surface area contributed by atoms with Gasteiger partial charge in [-0.25, -0.2) is 0 Å². The highest BCUT2D eigenvalue weighted by Gasteiger charge is 2.36. The lowest BCUT2D eigenvalue weighted by molar-refractivity contribution is -0.134. The maximum atomic E-state index is 12.9. The summed E-state index contributed by atoms with van der Waals surface area (Å²) in [6.45, 7) is 3.28. The van der Waals surface area contributed by atoms with Gasteiger partial charge in [-0.1, -0.05) is 30.3 Å². The number of hydrogen-bond donors (Lipinski definition) is 0. The average molecular weight is 342 g/mol. The van der Waals surface area contributed by atoms with E-state index in [9.17, 15) is 9.59 Å². The molecular formula is C19H22N2O2S. The molecule has 0 N–H and O–H groups in total. The molecule has 0 spiro atoms. The Labute approximate surface area is 146 Å². The quantitative estimate of drug-likeness (QED) is 0.855. The van der Waals surface area contributed by atoms with Crippen LogP contribution >= 0.6 is 11.3 Å². The molecule has 0 unspecified atom stereocenters. The van der Waals surface area contributed by atoms with Gasteiger partial charge >= 0.3 is 0 Å². The molecule has 2 heterocycles. The molecule has 1 atom stereocenters. The van der Waals surface area contributed by atoms with E-state index in [1.807, 2.05) is 42.8 Å². The van der Waals surface area contributed by atoms with E-state index >= 15 is 0 Å². The fourth-order valence-electron chi connectivity index (χ4n) is 3.18. The van der Waals surface area contributed by atoms with E-state index in [2.05, 4.69) is 13.0 Å². The van der Waals surface area contributed by atoms with Crippen LogP contribution in [0.15, 0.2) is 41.8 Å². The number of carbonyl (C=O) groups is 2. The largest absolute Gasteiger partial charge is 0.340 e. The van der Waals surface area contributed by atoms with Gasteiger partial charge in [-0.3, -0.25) is 9.59 Å². The third-order valence-electron chi connectivity index (χ3n) is 4.58. The minimum Gasteiger partial charge on any atom is -0.340 e. The first-order valence-corrected chi connectivity index (χ1v) is 9.10. The third-order valence-corrected chi connectivity index (χ3v) is 5.43. The Morgan fingerprint density at radius 1 is 1.25 bits per heavy atom. The zero-order chi connectivity index (χ0) is 17.1. The predicted octanol–water partition coefficient (Wildman–Crippen LogP) is 3.32. The van der Waals surface area contributed by atoms with Crippen molar-refractivity contribution < 1.29 is 9.59 Å². The molecule has 1 aromatic carbocycles. The Hall–Kier alpha value is -2.14. The molecule has 3 rings (SSSR count). The molecule has 0 saturated carbocycles. The normalized spacial score (nSPS) is 17.1. The molecule has 126 valence electrons. The van der Waals surface area contributed by atoms with E-state index in [0.717, 1.165) is 18.4 Å². The van der Waals surface area contributed by atoms with Gasteiger partial charge in [0.15, 0.2) is 0 Å². The Bertz CT molecular complexity index is 727. The summed E-state index contributed by atoms with van der Waals surface area (Å²) in [4.78, 5) is 29.7. The van der Waals surface area contributed by atoms with Gasteiger partial charge in [0.05, 0.1) is 4.88 Å². The Morgan fingerprint density at radius 3 is 2.75 bits per heavy atom. The van der Waals surface area contributed by atoms with Gasteiger partial charge in [-0.05, 0) is 42.3 Å². The van der Waals surface area contributed by atoms with Crippen LogP contribution in [-0.2, 0) is 11.3 Å². The molecule has 24 heavy (non-hydrogen) atoms. The second kappa shape index (κ2) is 7.18. The van der Waals surface area contributed by atoms with Crippen molar-refractivity contribution in [1.82, 2.24) is 9.80 Å². The number of likely N-dealkylation sites (N-methyl/N-ethyl adjacent to an activating group) is 1. The van der Waals surface area contributed by atoms with Crippen molar-refractivity contribution in [3.63, 3.8) is 0 Å². The van der Waals surface area contributed by atoms with Crippen molar-refractivity contribution in [2.45, 2.75) is 32.4 Å². The topological polar surface area (TPSA) is 40.6 Å². The van der Waals surface area contributed by atoms with Gasteiger partial charge in [-0.15, -0.1) is 11.3 Å². The van der Waals surface area contributed by atoms with Crippen LogP contribution in [0.1, 0.15) is 33.6 Å².